The number of aryl methyl sites for hydroxylation is 1. The lowest BCUT2D eigenvalue weighted by atomic mass is 10.2. The lowest BCUT2D eigenvalue weighted by Gasteiger charge is -2.15. The number of aromatic amines is 1. The van der Waals surface area contributed by atoms with E-state index in [2.05, 4.69) is 9.72 Å². The zero-order valence-corrected chi connectivity index (χ0v) is 17.8. The molecule has 0 saturated carbocycles. The molecule has 0 fully saturated rings. The summed E-state index contributed by atoms with van der Waals surface area (Å²) in [4.78, 5) is 15.4. The topological polar surface area (TPSA) is 81.2 Å². The molecule has 0 unspecified atom stereocenters. The van der Waals surface area contributed by atoms with E-state index in [-0.39, 0.29) is 10.6 Å². The van der Waals surface area contributed by atoms with Crippen molar-refractivity contribution in [3.8, 4) is 11.4 Å². The third-order valence-corrected chi connectivity index (χ3v) is 7.01. The van der Waals surface area contributed by atoms with Crippen LogP contribution in [0.4, 0.5) is 13.2 Å². The maximum Gasteiger partial charge on any atom is 0.573 e. The molecule has 3 rings (SSSR count). The highest BCUT2D eigenvalue weighted by Crippen LogP contribution is 2.31. The van der Waals surface area contributed by atoms with Crippen molar-refractivity contribution >= 4 is 9.84 Å². The Kier molecular flexibility index (Phi) is 6.04. The van der Waals surface area contributed by atoms with E-state index in [9.17, 15) is 26.4 Å². The van der Waals surface area contributed by atoms with Crippen molar-refractivity contribution in [1.82, 2.24) is 9.55 Å². The summed E-state index contributed by atoms with van der Waals surface area (Å²) in [5.74, 6) is -0.423. The lowest BCUT2D eigenvalue weighted by Crippen LogP contribution is -2.18. The van der Waals surface area contributed by atoms with Gasteiger partial charge in [-0.25, -0.2) is 13.2 Å². The van der Waals surface area contributed by atoms with Crippen molar-refractivity contribution < 1.29 is 26.3 Å². The molecule has 3 aromatic rings. The minimum atomic E-state index is -4.83. The van der Waals surface area contributed by atoms with Gasteiger partial charge in [-0.2, -0.15) is 0 Å². The molecule has 0 spiro atoms. The molecular formula is C21H21F3N2O4S. The highest BCUT2D eigenvalue weighted by atomic mass is 32.2. The summed E-state index contributed by atoms with van der Waals surface area (Å²) in [6.45, 7) is 5.09. The number of nitrogens with one attached hydrogen (secondary N) is 1. The van der Waals surface area contributed by atoms with Gasteiger partial charge >= 0.3 is 12.1 Å². The maximum absolute atomic E-state index is 13.1. The minimum Gasteiger partial charge on any atom is -0.406 e. The fraction of sp³-hybridized carbons (Fsp3) is 0.286. The Morgan fingerprint density at radius 2 is 1.65 bits per heavy atom. The third kappa shape index (κ3) is 4.68. The van der Waals surface area contributed by atoms with E-state index >= 15 is 0 Å². The van der Waals surface area contributed by atoms with Crippen LogP contribution in [0.15, 0.2) is 58.2 Å². The number of hydrogen-bond donors (Lipinski definition) is 1. The second kappa shape index (κ2) is 8.26. The van der Waals surface area contributed by atoms with Crippen molar-refractivity contribution in [2.75, 3.05) is 0 Å². The number of sulfone groups is 1. The first-order valence-corrected chi connectivity index (χ1v) is 11.0. The van der Waals surface area contributed by atoms with Gasteiger partial charge in [0.15, 0.2) is 9.84 Å². The largest absolute Gasteiger partial charge is 0.573 e. The number of alkyl halides is 3. The first kappa shape index (κ1) is 22.7. The average Bonchev–Trinajstić information content (AvgIpc) is 3.03. The predicted molar refractivity (Wildman–Crippen MR) is 109 cm³/mol. The molecule has 2 aromatic carbocycles. The Hall–Kier alpha value is -3.01. The van der Waals surface area contributed by atoms with Gasteiger partial charge in [-0.1, -0.05) is 24.6 Å². The van der Waals surface area contributed by atoms with E-state index in [1.165, 1.54) is 35.8 Å². The van der Waals surface area contributed by atoms with Gasteiger partial charge in [0.05, 0.1) is 16.3 Å². The lowest BCUT2D eigenvalue weighted by molar-refractivity contribution is -0.274. The van der Waals surface area contributed by atoms with Crippen LogP contribution in [-0.2, 0) is 16.3 Å². The number of halogens is 3. The molecule has 0 amide bonds. The number of nitrogens with zero attached hydrogens (tertiary/aromatic N) is 1. The number of benzene rings is 2. The number of aromatic nitrogens is 2. The van der Waals surface area contributed by atoms with Crippen molar-refractivity contribution in [3.63, 3.8) is 0 Å². The van der Waals surface area contributed by atoms with Crippen molar-refractivity contribution in [2.24, 2.45) is 0 Å². The van der Waals surface area contributed by atoms with Crippen LogP contribution in [-0.4, -0.2) is 24.3 Å². The van der Waals surface area contributed by atoms with E-state index in [1.807, 2.05) is 6.92 Å². The standard InChI is InChI=1S/C21H21F3N2O4S/c1-4-18-19(14(3)31(28,29)17-11-5-13(2)6-12-17)25-20(27)26(18)15-7-9-16(10-8-15)30-21(22,23)24/h5-12,14H,4H2,1-3H3,(H,25,27)/t14-/m1/s1. The number of H-pyrrole nitrogens is 1. The molecule has 10 heteroatoms. The van der Waals surface area contributed by atoms with Crippen molar-refractivity contribution in [1.29, 1.82) is 0 Å². The number of ether oxygens (including phenoxy) is 1. The highest BCUT2D eigenvalue weighted by Gasteiger charge is 2.32. The molecule has 1 atom stereocenters. The molecule has 1 N–H and O–H groups in total. The molecular weight excluding hydrogens is 433 g/mol. The molecule has 166 valence electrons. The first-order valence-electron chi connectivity index (χ1n) is 9.44. The molecule has 0 aliphatic rings. The SMILES string of the molecule is CCc1c([C@@H](C)S(=O)(=O)c2ccc(C)cc2)[nH]c(=O)n1-c1ccc(OC(F)(F)F)cc1. The Balaban J connectivity index is 2.02. The van der Waals surface area contributed by atoms with Gasteiger partial charge in [-0.3, -0.25) is 4.57 Å². The summed E-state index contributed by atoms with van der Waals surface area (Å²) in [5.41, 5.74) is 1.29. The van der Waals surface area contributed by atoms with Crippen molar-refractivity contribution in [3.05, 3.63) is 76.0 Å². The quantitative estimate of drug-likeness (QED) is 0.596. The van der Waals surface area contributed by atoms with Gasteiger partial charge in [-0.15, -0.1) is 13.2 Å². The van der Waals surface area contributed by atoms with Crippen LogP contribution in [0.1, 0.15) is 36.0 Å². The van der Waals surface area contributed by atoms with Gasteiger partial charge in [-0.05, 0) is 56.7 Å². The number of rotatable bonds is 6. The van der Waals surface area contributed by atoms with E-state index in [4.69, 9.17) is 0 Å². The molecule has 0 aliphatic carbocycles. The Labute approximate surface area is 177 Å². The molecule has 31 heavy (non-hydrogen) atoms. The zero-order valence-electron chi connectivity index (χ0n) is 17.0. The van der Waals surface area contributed by atoms with E-state index in [1.54, 1.807) is 19.1 Å². The van der Waals surface area contributed by atoms with E-state index < -0.39 is 32.9 Å². The van der Waals surface area contributed by atoms with Crippen LogP contribution in [0, 0.1) is 6.92 Å². The molecule has 0 radical (unpaired) electrons. The molecule has 1 aromatic heterocycles. The van der Waals surface area contributed by atoms with E-state index in [0.29, 0.717) is 17.8 Å². The zero-order chi connectivity index (χ0) is 23.0. The molecule has 0 bridgehead atoms. The number of hydrogen-bond acceptors (Lipinski definition) is 4. The summed E-state index contributed by atoms with van der Waals surface area (Å²) in [6.07, 6.45) is -4.50. The van der Waals surface area contributed by atoms with Crippen LogP contribution in [0.3, 0.4) is 0 Å². The second-order valence-electron chi connectivity index (χ2n) is 7.02. The smallest absolute Gasteiger partial charge is 0.406 e. The van der Waals surface area contributed by atoms with Crippen LogP contribution in [0.2, 0.25) is 0 Å². The van der Waals surface area contributed by atoms with Crippen LogP contribution >= 0.6 is 0 Å². The maximum atomic E-state index is 13.1. The fourth-order valence-corrected chi connectivity index (χ4v) is 4.76. The Bertz CT molecular complexity index is 1230. The molecule has 0 aliphatic heterocycles. The normalized spacial score (nSPS) is 13.2. The fourth-order valence-electron chi connectivity index (χ4n) is 3.33. The van der Waals surface area contributed by atoms with Gasteiger partial charge in [0, 0.05) is 5.69 Å². The van der Waals surface area contributed by atoms with Gasteiger partial charge in [0.25, 0.3) is 0 Å². The second-order valence-corrected chi connectivity index (χ2v) is 9.29. The monoisotopic (exact) mass is 454 g/mol. The van der Waals surface area contributed by atoms with Gasteiger partial charge < -0.3 is 9.72 Å². The van der Waals surface area contributed by atoms with E-state index in [0.717, 1.165) is 17.7 Å². The summed E-state index contributed by atoms with van der Waals surface area (Å²) in [7, 11) is -3.78. The van der Waals surface area contributed by atoms with Crippen LogP contribution in [0.25, 0.3) is 5.69 Å². The Morgan fingerprint density at radius 1 is 1.06 bits per heavy atom. The van der Waals surface area contributed by atoms with Crippen LogP contribution in [0.5, 0.6) is 5.75 Å². The summed E-state index contributed by atoms with van der Waals surface area (Å²) in [6, 6.07) is 11.2. The number of imidazole rings is 1. The van der Waals surface area contributed by atoms with Gasteiger partial charge in [0.1, 0.15) is 11.0 Å². The first-order chi connectivity index (χ1) is 14.4. The van der Waals surface area contributed by atoms with Gasteiger partial charge in [0.2, 0.25) is 0 Å². The molecule has 1 heterocycles. The Morgan fingerprint density at radius 3 is 2.16 bits per heavy atom. The summed E-state index contributed by atoms with van der Waals surface area (Å²) >= 11 is 0. The van der Waals surface area contributed by atoms with Crippen molar-refractivity contribution in [2.45, 2.75) is 43.7 Å². The molecule has 6 nitrogen and oxygen atoms in total. The van der Waals surface area contributed by atoms with Crippen LogP contribution < -0.4 is 10.4 Å². The third-order valence-electron chi connectivity index (χ3n) is 4.91. The average molecular weight is 454 g/mol. The predicted octanol–water partition coefficient (Wildman–Crippen LogP) is 4.47. The highest BCUT2D eigenvalue weighted by molar-refractivity contribution is 7.91. The summed E-state index contributed by atoms with van der Waals surface area (Å²) in [5, 5.41) is -1.04. The minimum absolute atomic E-state index is 0.134. The molecule has 0 saturated heterocycles. The summed E-state index contributed by atoms with van der Waals surface area (Å²) < 4.78 is 68.4.